The van der Waals surface area contributed by atoms with Crippen molar-refractivity contribution in [3.63, 3.8) is 0 Å². The molecule has 1 fully saturated rings. The average molecular weight is 308 g/mol. The van der Waals surface area contributed by atoms with Gasteiger partial charge in [-0.3, -0.25) is 0 Å². The lowest BCUT2D eigenvalue weighted by Gasteiger charge is -2.29. The normalized spacial score (nSPS) is 31.4. The Morgan fingerprint density at radius 2 is 1.59 bits per heavy atom. The minimum absolute atomic E-state index is 0.113. The van der Waals surface area contributed by atoms with Gasteiger partial charge in [-0.2, -0.15) is 0 Å². The Hall–Kier alpha value is -0.315. The fraction of sp³-hybridized carbons (Fsp3) is 0.889. The first kappa shape index (κ1) is 18.0. The van der Waals surface area contributed by atoms with Crippen LogP contribution in [0.3, 0.4) is 0 Å². The molecule has 0 aromatic rings. The molecule has 2 rings (SSSR count). The van der Waals surface area contributed by atoms with Crippen LogP contribution in [0.5, 0.6) is 0 Å². The predicted octanol–water partition coefficient (Wildman–Crippen LogP) is 3.63. The van der Waals surface area contributed by atoms with E-state index in [1.807, 2.05) is 0 Å². The highest BCUT2D eigenvalue weighted by molar-refractivity contribution is 6.14. The van der Waals surface area contributed by atoms with Crippen molar-refractivity contribution in [3.05, 3.63) is 12.2 Å². The molecule has 1 heterocycles. The zero-order valence-corrected chi connectivity index (χ0v) is 15.1. The van der Waals surface area contributed by atoms with E-state index in [1.165, 1.54) is 0 Å². The second-order valence-corrected chi connectivity index (χ2v) is 8.53. The lowest BCUT2D eigenvalue weighted by atomic mass is 9.70. The number of hydrogen-bond acceptors (Lipinski definition) is 3. The summed E-state index contributed by atoms with van der Waals surface area (Å²) in [4.78, 5) is 0. The highest BCUT2D eigenvalue weighted by atomic mass is 16.7. The van der Waals surface area contributed by atoms with E-state index < -0.39 is 0 Å². The molecule has 0 aromatic heterocycles. The Morgan fingerprint density at radius 1 is 1.05 bits per heavy atom. The quantitative estimate of drug-likeness (QED) is 0.554. The van der Waals surface area contributed by atoms with Crippen molar-refractivity contribution in [1.82, 2.24) is 0 Å². The summed E-state index contributed by atoms with van der Waals surface area (Å²) >= 11 is 0. The SMILES string of the molecule is BC(C)(C)CCOC(C)(C)C[C@H]1O[C@H]2CC/C=C/CC[C@H]2O1. The summed E-state index contributed by atoms with van der Waals surface area (Å²) in [5.74, 6) is 0. The second-order valence-electron chi connectivity index (χ2n) is 8.53. The van der Waals surface area contributed by atoms with Crippen LogP contribution in [0, 0.1) is 0 Å². The Labute approximate surface area is 137 Å². The Bertz CT molecular complexity index is 355. The van der Waals surface area contributed by atoms with Crippen molar-refractivity contribution in [2.45, 2.75) is 95.6 Å². The first-order chi connectivity index (χ1) is 10.3. The number of rotatable bonds is 6. The summed E-state index contributed by atoms with van der Waals surface area (Å²) in [6.45, 7) is 9.57. The van der Waals surface area contributed by atoms with Gasteiger partial charge in [0.1, 0.15) is 7.85 Å². The number of ether oxygens (including phenoxy) is 3. The van der Waals surface area contributed by atoms with E-state index in [0.29, 0.717) is 5.31 Å². The molecule has 0 bridgehead atoms. The van der Waals surface area contributed by atoms with Gasteiger partial charge in [0.15, 0.2) is 6.29 Å². The van der Waals surface area contributed by atoms with Gasteiger partial charge in [0, 0.05) is 13.0 Å². The molecule has 0 N–H and O–H groups in total. The van der Waals surface area contributed by atoms with E-state index in [-0.39, 0.29) is 24.1 Å². The molecule has 0 radical (unpaired) electrons. The van der Waals surface area contributed by atoms with Crippen molar-refractivity contribution in [2.24, 2.45) is 0 Å². The van der Waals surface area contributed by atoms with Crippen LogP contribution in [-0.4, -0.2) is 38.6 Å². The van der Waals surface area contributed by atoms with Gasteiger partial charge in [0.2, 0.25) is 0 Å². The van der Waals surface area contributed by atoms with E-state index in [9.17, 15) is 0 Å². The van der Waals surface area contributed by atoms with Gasteiger partial charge in [-0.15, -0.1) is 0 Å². The zero-order valence-electron chi connectivity index (χ0n) is 15.1. The number of fused-ring (bicyclic) bond motifs is 1. The summed E-state index contributed by atoms with van der Waals surface area (Å²) < 4.78 is 18.4. The molecule has 0 saturated carbocycles. The molecule has 0 aromatic carbocycles. The molecule has 1 saturated heterocycles. The standard InChI is InChI=1S/C18H33BO3/c1-17(2,19)11-12-20-18(3,4)13-16-21-14-9-7-5-6-8-10-15(14)22-16/h5-6,14-16H,7-13,19H2,1-4H3/b6-5+/t14-,15+,16-. The van der Waals surface area contributed by atoms with Gasteiger partial charge in [0.25, 0.3) is 0 Å². The topological polar surface area (TPSA) is 27.7 Å². The summed E-state index contributed by atoms with van der Waals surface area (Å²) in [7, 11) is 2.25. The van der Waals surface area contributed by atoms with Crippen LogP contribution >= 0.6 is 0 Å². The summed E-state index contributed by atoms with van der Waals surface area (Å²) in [6, 6.07) is 0. The second kappa shape index (κ2) is 7.50. The van der Waals surface area contributed by atoms with Crippen LogP contribution in [0.4, 0.5) is 0 Å². The third-order valence-corrected chi connectivity index (χ3v) is 4.47. The lowest BCUT2D eigenvalue weighted by Crippen LogP contribution is -2.32. The molecule has 0 amide bonds. The van der Waals surface area contributed by atoms with Gasteiger partial charge in [-0.05, 0) is 46.0 Å². The van der Waals surface area contributed by atoms with E-state index in [4.69, 9.17) is 14.2 Å². The molecular formula is C18H33BO3. The van der Waals surface area contributed by atoms with Crippen molar-refractivity contribution in [2.75, 3.05) is 6.61 Å². The minimum atomic E-state index is -0.201. The molecule has 22 heavy (non-hydrogen) atoms. The molecule has 0 unspecified atom stereocenters. The molecular weight excluding hydrogens is 275 g/mol. The van der Waals surface area contributed by atoms with Crippen LogP contribution in [0.25, 0.3) is 0 Å². The summed E-state index contributed by atoms with van der Waals surface area (Å²) in [6.07, 6.45) is 11.2. The van der Waals surface area contributed by atoms with Gasteiger partial charge in [0.05, 0.1) is 17.8 Å². The Balaban J connectivity index is 1.78. The van der Waals surface area contributed by atoms with Crippen LogP contribution in [0.2, 0.25) is 5.31 Å². The van der Waals surface area contributed by atoms with E-state index in [2.05, 4.69) is 47.7 Å². The number of allylic oxidation sites excluding steroid dienone is 2. The largest absolute Gasteiger partial charge is 0.375 e. The van der Waals surface area contributed by atoms with Crippen LogP contribution in [0.15, 0.2) is 12.2 Å². The van der Waals surface area contributed by atoms with Gasteiger partial charge in [-0.25, -0.2) is 0 Å². The number of hydrogen-bond donors (Lipinski definition) is 0. The summed E-state index contributed by atoms with van der Waals surface area (Å²) in [5.41, 5.74) is -0.201. The smallest absolute Gasteiger partial charge is 0.161 e. The zero-order chi connectivity index (χ0) is 16.2. The maximum Gasteiger partial charge on any atom is 0.161 e. The van der Waals surface area contributed by atoms with E-state index in [0.717, 1.165) is 45.1 Å². The molecule has 4 heteroatoms. The molecule has 3 atom stereocenters. The van der Waals surface area contributed by atoms with E-state index >= 15 is 0 Å². The van der Waals surface area contributed by atoms with Crippen LogP contribution in [0.1, 0.15) is 66.2 Å². The highest BCUT2D eigenvalue weighted by Gasteiger charge is 2.38. The average Bonchev–Trinajstić information content (AvgIpc) is 2.68. The summed E-state index contributed by atoms with van der Waals surface area (Å²) in [5, 5.41) is 0.314. The lowest BCUT2D eigenvalue weighted by molar-refractivity contribution is -0.128. The van der Waals surface area contributed by atoms with Crippen molar-refractivity contribution in [3.8, 4) is 0 Å². The van der Waals surface area contributed by atoms with Crippen LogP contribution in [-0.2, 0) is 14.2 Å². The first-order valence-corrected chi connectivity index (χ1v) is 8.85. The third-order valence-electron chi connectivity index (χ3n) is 4.47. The Morgan fingerprint density at radius 3 is 2.09 bits per heavy atom. The molecule has 3 nitrogen and oxygen atoms in total. The minimum Gasteiger partial charge on any atom is -0.375 e. The monoisotopic (exact) mass is 308 g/mol. The van der Waals surface area contributed by atoms with Crippen molar-refractivity contribution >= 4 is 7.85 Å². The van der Waals surface area contributed by atoms with Crippen LogP contribution < -0.4 is 0 Å². The predicted molar refractivity (Wildman–Crippen MR) is 93.0 cm³/mol. The third kappa shape index (κ3) is 6.06. The van der Waals surface area contributed by atoms with Crippen molar-refractivity contribution < 1.29 is 14.2 Å². The fourth-order valence-corrected chi connectivity index (χ4v) is 3.05. The molecule has 0 spiro atoms. The van der Waals surface area contributed by atoms with Crippen molar-refractivity contribution in [1.29, 1.82) is 0 Å². The first-order valence-electron chi connectivity index (χ1n) is 8.85. The highest BCUT2D eigenvalue weighted by Crippen LogP contribution is 2.33. The molecule has 1 aliphatic carbocycles. The maximum atomic E-state index is 6.15. The van der Waals surface area contributed by atoms with Gasteiger partial charge < -0.3 is 14.2 Å². The molecule has 1 aliphatic heterocycles. The van der Waals surface area contributed by atoms with Gasteiger partial charge >= 0.3 is 0 Å². The fourth-order valence-electron chi connectivity index (χ4n) is 3.05. The van der Waals surface area contributed by atoms with Gasteiger partial charge in [-0.1, -0.05) is 31.3 Å². The Kier molecular flexibility index (Phi) is 6.15. The maximum absolute atomic E-state index is 6.15. The molecule has 2 aliphatic rings. The molecule has 126 valence electrons. The van der Waals surface area contributed by atoms with E-state index in [1.54, 1.807) is 0 Å².